The summed E-state index contributed by atoms with van der Waals surface area (Å²) in [7, 11) is -3.69. The number of rotatable bonds is 7. The van der Waals surface area contributed by atoms with Crippen LogP contribution in [0.5, 0.6) is 0 Å². The molecule has 0 saturated heterocycles. The number of carboxylic acids is 1. The third kappa shape index (κ3) is 5.74. The fourth-order valence-corrected chi connectivity index (χ4v) is 2.75. The molecule has 2 N–H and O–H groups in total. The fourth-order valence-electron chi connectivity index (χ4n) is 1.58. The molecule has 0 spiro atoms. The summed E-state index contributed by atoms with van der Waals surface area (Å²) in [5.41, 5.74) is 0. The van der Waals surface area contributed by atoms with E-state index in [1.807, 2.05) is 13.8 Å². The van der Waals surface area contributed by atoms with Gasteiger partial charge in [0.05, 0.1) is 0 Å². The molecule has 0 bridgehead atoms. The normalized spacial score (nSPS) is 14.1. The maximum atomic E-state index is 11.3. The van der Waals surface area contributed by atoms with E-state index in [0.29, 0.717) is 0 Å². The molecule has 0 radical (unpaired) electrons. The quantitative estimate of drug-likeness (QED) is 0.686. The van der Waals surface area contributed by atoms with Gasteiger partial charge in [0, 0.05) is 6.04 Å². The molecule has 0 fully saturated rings. The Bertz CT molecular complexity index is 295. The predicted molar refractivity (Wildman–Crippen MR) is 58.1 cm³/mol. The lowest BCUT2D eigenvalue weighted by Crippen LogP contribution is -2.40. The Kier molecular flexibility index (Phi) is 5.82. The van der Waals surface area contributed by atoms with Gasteiger partial charge in [0.2, 0.25) is 10.0 Å². The van der Waals surface area contributed by atoms with Crippen LogP contribution in [0.15, 0.2) is 0 Å². The van der Waals surface area contributed by atoms with Gasteiger partial charge in [0.25, 0.3) is 0 Å². The van der Waals surface area contributed by atoms with Crippen molar-refractivity contribution in [3.63, 3.8) is 0 Å². The van der Waals surface area contributed by atoms with E-state index in [1.165, 1.54) is 0 Å². The monoisotopic (exact) mass is 237 g/mol. The van der Waals surface area contributed by atoms with Gasteiger partial charge in [0.1, 0.15) is 0 Å². The van der Waals surface area contributed by atoms with Gasteiger partial charge in [-0.05, 0) is 12.8 Å². The van der Waals surface area contributed by atoms with Gasteiger partial charge in [0.15, 0.2) is 5.75 Å². The highest BCUT2D eigenvalue weighted by Gasteiger charge is 2.22. The topological polar surface area (TPSA) is 83.5 Å². The zero-order valence-corrected chi connectivity index (χ0v) is 10.2. The second-order valence-corrected chi connectivity index (χ2v) is 5.39. The van der Waals surface area contributed by atoms with E-state index in [-0.39, 0.29) is 12.0 Å². The Morgan fingerprint density at radius 1 is 1.33 bits per heavy atom. The van der Waals surface area contributed by atoms with Gasteiger partial charge < -0.3 is 5.11 Å². The third-order valence-electron chi connectivity index (χ3n) is 2.43. The van der Waals surface area contributed by atoms with Crippen molar-refractivity contribution in [2.24, 2.45) is 5.92 Å². The summed E-state index contributed by atoms with van der Waals surface area (Å²) in [6, 6.07) is -0.218. The van der Waals surface area contributed by atoms with E-state index in [4.69, 9.17) is 5.11 Å². The van der Waals surface area contributed by atoms with Gasteiger partial charge in [-0.2, -0.15) is 0 Å². The largest absolute Gasteiger partial charge is 0.480 e. The zero-order chi connectivity index (χ0) is 12.1. The van der Waals surface area contributed by atoms with Crippen LogP contribution in [0, 0.1) is 5.92 Å². The Hall–Kier alpha value is -0.620. The predicted octanol–water partition coefficient (Wildman–Crippen LogP) is 0.815. The molecule has 1 atom stereocenters. The highest BCUT2D eigenvalue weighted by molar-refractivity contribution is 7.90. The number of hydrogen-bond acceptors (Lipinski definition) is 3. The minimum absolute atomic E-state index is 0.218. The standard InChI is InChI=1S/C9H19NO4S/c1-4-8(5-2)7(3)10-15(13,14)6-9(11)12/h7-8,10H,4-6H2,1-3H3,(H,11,12). The first kappa shape index (κ1) is 14.4. The summed E-state index contributed by atoms with van der Waals surface area (Å²) in [5, 5.41) is 8.40. The highest BCUT2D eigenvalue weighted by atomic mass is 32.2. The number of sulfonamides is 1. The van der Waals surface area contributed by atoms with E-state index in [9.17, 15) is 13.2 Å². The summed E-state index contributed by atoms with van der Waals surface area (Å²) in [6.07, 6.45) is 1.74. The Balaban J connectivity index is 4.39. The van der Waals surface area contributed by atoms with Crippen LogP contribution in [0.25, 0.3) is 0 Å². The molecular weight excluding hydrogens is 218 g/mol. The lowest BCUT2D eigenvalue weighted by molar-refractivity contribution is -0.134. The van der Waals surface area contributed by atoms with Gasteiger partial charge >= 0.3 is 5.97 Å². The summed E-state index contributed by atoms with van der Waals surface area (Å²) in [4.78, 5) is 10.3. The van der Waals surface area contributed by atoms with Gasteiger partial charge in [-0.3, -0.25) is 4.79 Å². The van der Waals surface area contributed by atoms with Crippen LogP contribution < -0.4 is 4.72 Å². The molecule has 15 heavy (non-hydrogen) atoms. The minimum Gasteiger partial charge on any atom is -0.480 e. The average Bonchev–Trinajstić information content (AvgIpc) is 2.02. The number of hydrogen-bond donors (Lipinski definition) is 2. The lowest BCUT2D eigenvalue weighted by atomic mass is 9.96. The maximum absolute atomic E-state index is 11.3. The molecule has 0 aromatic heterocycles. The molecule has 0 rings (SSSR count). The molecule has 0 amide bonds. The van der Waals surface area contributed by atoms with Crippen molar-refractivity contribution in [2.45, 2.75) is 39.7 Å². The van der Waals surface area contributed by atoms with E-state index in [1.54, 1.807) is 6.92 Å². The van der Waals surface area contributed by atoms with Crippen LogP contribution in [0.4, 0.5) is 0 Å². The Morgan fingerprint density at radius 3 is 2.13 bits per heavy atom. The molecule has 90 valence electrons. The molecule has 0 heterocycles. The van der Waals surface area contributed by atoms with Crippen LogP contribution in [0.2, 0.25) is 0 Å². The molecule has 0 aromatic carbocycles. The Labute approximate surface area is 90.9 Å². The second kappa shape index (κ2) is 6.07. The van der Waals surface area contributed by atoms with Crippen LogP contribution in [0.1, 0.15) is 33.6 Å². The van der Waals surface area contributed by atoms with Crippen molar-refractivity contribution in [1.29, 1.82) is 0 Å². The maximum Gasteiger partial charge on any atom is 0.320 e. The van der Waals surface area contributed by atoms with Crippen LogP contribution >= 0.6 is 0 Å². The number of carbonyl (C=O) groups is 1. The van der Waals surface area contributed by atoms with Gasteiger partial charge in [-0.25, -0.2) is 13.1 Å². The molecule has 1 unspecified atom stereocenters. The zero-order valence-electron chi connectivity index (χ0n) is 9.36. The van der Waals surface area contributed by atoms with Crippen molar-refractivity contribution in [2.75, 3.05) is 5.75 Å². The first-order chi connectivity index (χ1) is 6.82. The van der Waals surface area contributed by atoms with Crippen molar-refractivity contribution in [3.05, 3.63) is 0 Å². The second-order valence-electron chi connectivity index (χ2n) is 3.64. The lowest BCUT2D eigenvalue weighted by Gasteiger charge is -2.21. The first-order valence-electron chi connectivity index (χ1n) is 5.04. The summed E-state index contributed by atoms with van der Waals surface area (Å²) in [5.74, 6) is -1.95. The molecular formula is C9H19NO4S. The van der Waals surface area contributed by atoms with Crippen molar-refractivity contribution in [1.82, 2.24) is 4.72 Å². The number of carboxylic acid groups (broad SMARTS) is 1. The fraction of sp³-hybridized carbons (Fsp3) is 0.889. The van der Waals surface area contributed by atoms with E-state index >= 15 is 0 Å². The Morgan fingerprint density at radius 2 is 1.80 bits per heavy atom. The molecule has 0 aliphatic heterocycles. The summed E-state index contributed by atoms with van der Waals surface area (Å²) in [6.45, 7) is 5.73. The summed E-state index contributed by atoms with van der Waals surface area (Å²) < 4.78 is 25.0. The van der Waals surface area contributed by atoms with E-state index in [2.05, 4.69) is 4.72 Å². The van der Waals surface area contributed by atoms with E-state index in [0.717, 1.165) is 12.8 Å². The smallest absolute Gasteiger partial charge is 0.320 e. The average molecular weight is 237 g/mol. The molecule has 0 aliphatic rings. The van der Waals surface area contributed by atoms with Crippen LogP contribution in [-0.2, 0) is 14.8 Å². The van der Waals surface area contributed by atoms with Crippen molar-refractivity contribution in [3.8, 4) is 0 Å². The number of nitrogens with one attached hydrogen (secondary N) is 1. The highest BCUT2D eigenvalue weighted by Crippen LogP contribution is 2.13. The summed E-state index contributed by atoms with van der Waals surface area (Å²) >= 11 is 0. The van der Waals surface area contributed by atoms with Gasteiger partial charge in [-0.1, -0.05) is 26.7 Å². The molecule has 0 aliphatic carbocycles. The SMILES string of the molecule is CCC(CC)C(C)NS(=O)(=O)CC(=O)O. The van der Waals surface area contributed by atoms with E-state index < -0.39 is 21.7 Å². The number of aliphatic carboxylic acids is 1. The first-order valence-corrected chi connectivity index (χ1v) is 6.69. The van der Waals surface area contributed by atoms with Crippen LogP contribution in [-0.4, -0.2) is 31.3 Å². The van der Waals surface area contributed by atoms with Gasteiger partial charge in [-0.15, -0.1) is 0 Å². The molecule has 6 heteroatoms. The van der Waals surface area contributed by atoms with Crippen molar-refractivity contribution >= 4 is 16.0 Å². The molecule has 0 aromatic rings. The molecule has 0 saturated carbocycles. The minimum atomic E-state index is -3.69. The van der Waals surface area contributed by atoms with Crippen molar-refractivity contribution < 1.29 is 18.3 Å². The third-order valence-corrected chi connectivity index (χ3v) is 3.79. The van der Waals surface area contributed by atoms with Crippen LogP contribution in [0.3, 0.4) is 0 Å². The molecule has 5 nitrogen and oxygen atoms in total.